The Morgan fingerprint density at radius 1 is 1.37 bits per heavy atom. The van der Waals surface area contributed by atoms with Crippen LogP contribution in [0.3, 0.4) is 0 Å². The Bertz CT molecular complexity index is 564. The summed E-state index contributed by atoms with van der Waals surface area (Å²) in [5, 5.41) is 7.58. The van der Waals surface area contributed by atoms with E-state index in [-0.39, 0.29) is 11.9 Å². The number of nitrogens with one attached hydrogen (secondary N) is 1. The third-order valence-electron chi connectivity index (χ3n) is 2.89. The summed E-state index contributed by atoms with van der Waals surface area (Å²) < 4.78 is 17.1. The minimum Gasteiger partial charge on any atom is -0.305 e. The van der Waals surface area contributed by atoms with Gasteiger partial charge in [0.25, 0.3) is 0 Å². The fraction of sp³-hybridized carbons (Fsp3) is 0.308. The van der Waals surface area contributed by atoms with Gasteiger partial charge in [-0.3, -0.25) is 4.68 Å². The second-order valence-corrected chi connectivity index (χ2v) is 5.87. The lowest BCUT2D eigenvalue weighted by Gasteiger charge is -2.21. The smallest absolute Gasteiger partial charge is 0.123 e. The van der Waals surface area contributed by atoms with Crippen LogP contribution in [0, 0.1) is 5.82 Å². The molecule has 0 bridgehead atoms. The van der Waals surface area contributed by atoms with Crippen LogP contribution in [0.25, 0.3) is 0 Å². The molecule has 1 atom stereocenters. The van der Waals surface area contributed by atoms with Crippen molar-refractivity contribution in [1.29, 1.82) is 0 Å². The van der Waals surface area contributed by atoms with Crippen molar-refractivity contribution >= 4 is 31.9 Å². The van der Waals surface area contributed by atoms with Crippen LogP contribution >= 0.6 is 31.9 Å². The molecule has 0 radical (unpaired) electrons. The van der Waals surface area contributed by atoms with E-state index in [1.54, 1.807) is 16.9 Å². The Morgan fingerprint density at radius 2 is 2.11 bits per heavy atom. The molecule has 2 rings (SSSR count). The van der Waals surface area contributed by atoms with Gasteiger partial charge in [0.1, 0.15) is 5.82 Å². The van der Waals surface area contributed by atoms with Crippen LogP contribution in [0.5, 0.6) is 0 Å². The Balaban J connectivity index is 2.54. The van der Waals surface area contributed by atoms with E-state index in [1.165, 1.54) is 12.1 Å². The van der Waals surface area contributed by atoms with Gasteiger partial charge in [0.2, 0.25) is 0 Å². The highest BCUT2D eigenvalue weighted by Gasteiger charge is 2.22. The van der Waals surface area contributed by atoms with E-state index in [0.29, 0.717) is 0 Å². The quantitative estimate of drug-likeness (QED) is 0.860. The van der Waals surface area contributed by atoms with E-state index in [0.717, 1.165) is 26.7 Å². The van der Waals surface area contributed by atoms with Gasteiger partial charge in [0.15, 0.2) is 0 Å². The number of hydrogen-bond donors (Lipinski definition) is 1. The molecule has 1 aromatic heterocycles. The van der Waals surface area contributed by atoms with Gasteiger partial charge in [0, 0.05) is 11.5 Å². The highest BCUT2D eigenvalue weighted by Crippen LogP contribution is 2.32. The van der Waals surface area contributed by atoms with Crippen LogP contribution in [0.2, 0.25) is 0 Å². The van der Waals surface area contributed by atoms with Crippen LogP contribution in [-0.2, 0) is 7.05 Å². The summed E-state index contributed by atoms with van der Waals surface area (Å²) in [6.45, 7) is 2.79. The Hall–Kier alpha value is -0.720. The largest absolute Gasteiger partial charge is 0.305 e. The molecule has 0 fully saturated rings. The molecule has 1 N–H and O–H groups in total. The van der Waals surface area contributed by atoms with Crippen LogP contribution in [0.1, 0.15) is 24.2 Å². The van der Waals surface area contributed by atoms with Gasteiger partial charge in [-0.05, 0) is 46.2 Å². The highest BCUT2D eigenvalue weighted by molar-refractivity contribution is 9.10. The zero-order valence-electron chi connectivity index (χ0n) is 10.6. The number of benzene rings is 1. The minimum atomic E-state index is -0.251. The van der Waals surface area contributed by atoms with E-state index >= 15 is 0 Å². The molecule has 1 unspecified atom stereocenters. The van der Waals surface area contributed by atoms with Crippen LogP contribution in [0.15, 0.2) is 33.3 Å². The lowest BCUT2D eigenvalue weighted by atomic mass is 10.0. The average Bonchev–Trinajstić information content (AvgIpc) is 2.70. The number of nitrogens with zero attached hydrogens (tertiary/aromatic N) is 2. The molecule has 0 spiro atoms. The van der Waals surface area contributed by atoms with E-state index in [2.05, 4.69) is 42.3 Å². The van der Waals surface area contributed by atoms with Crippen molar-refractivity contribution in [2.75, 3.05) is 6.54 Å². The summed E-state index contributed by atoms with van der Waals surface area (Å²) in [5.74, 6) is -0.251. The molecule has 0 amide bonds. The van der Waals surface area contributed by atoms with Gasteiger partial charge in [-0.2, -0.15) is 5.10 Å². The van der Waals surface area contributed by atoms with Gasteiger partial charge >= 0.3 is 0 Å². The predicted octanol–water partition coefficient (Wildman–Crippen LogP) is 3.78. The van der Waals surface area contributed by atoms with Gasteiger partial charge in [-0.25, -0.2) is 4.39 Å². The molecule has 2 aromatic rings. The molecule has 6 heteroatoms. The second kappa shape index (κ2) is 6.15. The molecule has 102 valence electrons. The Morgan fingerprint density at radius 3 is 2.68 bits per heavy atom. The van der Waals surface area contributed by atoms with Crippen molar-refractivity contribution in [1.82, 2.24) is 15.1 Å². The van der Waals surface area contributed by atoms with Crippen molar-refractivity contribution in [3.05, 3.63) is 50.4 Å². The Labute approximate surface area is 128 Å². The number of aromatic nitrogens is 2. The van der Waals surface area contributed by atoms with Crippen molar-refractivity contribution in [3.8, 4) is 0 Å². The van der Waals surface area contributed by atoms with E-state index in [1.807, 2.05) is 14.0 Å². The maximum atomic E-state index is 13.5. The summed E-state index contributed by atoms with van der Waals surface area (Å²) in [4.78, 5) is 0. The first kappa shape index (κ1) is 14.7. The Kier molecular flexibility index (Phi) is 4.76. The average molecular weight is 391 g/mol. The monoisotopic (exact) mass is 389 g/mol. The third kappa shape index (κ3) is 3.07. The topological polar surface area (TPSA) is 29.9 Å². The van der Waals surface area contributed by atoms with Crippen LogP contribution in [-0.4, -0.2) is 16.3 Å². The van der Waals surface area contributed by atoms with Crippen LogP contribution < -0.4 is 5.32 Å². The molecule has 1 aromatic carbocycles. The molecule has 19 heavy (non-hydrogen) atoms. The molecular weight excluding hydrogens is 377 g/mol. The summed E-state index contributed by atoms with van der Waals surface area (Å²) in [6, 6.07) is 4.57. The number of aryl methyl sites for hydroxylation is 1. The lowest BCUT2D eigenvalue weighted by Crippen LogP contribution is -2.25. The minimum absolute atomic E-state index is 0.128. The SMILES string of the molecule is CCNC(c1cc(F)ccc1Br)c1c(Br)cnn1C. The summed E-state index contributed by atoms with van der Waals surface area (Å²) in [5.41, 5.74) is 1.82. The summed E-state index contributed by atoms with van der Waals surface area (Å²) in [7, 11) is 1.87. The van der Waals surface area contributed by atoms with Crippen molar-refractivity contribution in [2.45, 2.75) is 13.0 Å². The molecule has 0 saturated heterocycles. The molecule has 0 aliphatic rings. The maximum absolute atomic E-state index is 13.5. The van der Waals surface area contributed by atoms with Crippen molar-refractivity contribution in [3.63, 3.8) is 0 Å². The first-order valence-electron chi connectivity index (χ1n) is 5.90. The normalized spacial score (nSPS) is 12.7. The lowest BCUT2D eigenvalue weighted by molar-refractivity contribution is 0.561. The zero-order chi connectivity index (χ0) is 14.0. The van der Waals surface area contributed by atoms with E-state index in [9.17, 15) is 4.39 Å². The highest BCUT2D eigenvalue weighted by atomic mass is 79.9. The predicted molar refractivity (Wildman–Crippen MR) is 80.5 cm³/mol. The van der Waals surface area contributed by atoms with E-state index < -0.39 is 0 Å². The second-order valence-electron chi connectivity index (χ2n) is 4.16. The zero-order valence-corrected chi connectivity index (χ0v) is 13.8. The number of rotatable bonds is 4. The van der Waals surface area contributed by atoms with Gasteiger partial charge in [-0.1, -0.05) is 22.9 Å². The molecule has 0 saturated carbocycles. The van der Waals surface area contributed by atoms with Crippen molar-refractivity contribution < 1.29 is 4.39 Å². The standard InChI is InChI=1S/C13H14Br2FN3/c1-3-17-12(13-11(15)7-18-19(13)2)9-6-8(16)4-5-10(9)14/h4-7,12,17H,3H2,1-2H3. The molecule has 0 aliphatic carbocycles. The maximum Gasteiger partial charge on any atom is 0.123 e. The first-order chi connectivity index (χ1) is 9.04. The van der Waals surface area contributed by atoms with Gasteiger partial charge < -0.3 is 5.32 Å². The number of hydrogen-bond acceptors (Lipinski definition) is 2. The summed E-state index contributed by atoms with van der Waals surface area (Å²) in [6.07, 6.45) is 1.74. The van der Waals surface area contributed by atoms with E-state index in [4.69, 9.17) is 0 Å². The van der Waals surface area contributed by atoms with Gasteiger partial charge in [0.05, 0.1) is 22.4 Å². The van der Waals surface area contributed by atoms with Crippen LogP contribution in [0.4, 0.5) is 4.39 Å². The molecule has 1 heterocycles. The molecule has 0 aliphatic heterocycles. The van der Waals surface area contributed by atoms with Gasteiger partial charge in [-0.15, -0.1) is 0 Å². The molecular formula is C13H14Br2FN3. The summed E-state index contributed by atoms with van der Waals surface area (Å²) >= 11 is 6.98. The van der Waals surface area contributed by atoms with Crippen molar-refractivity contribution in [2.24, 2.45) is 7.05 Å². The fourth-order valence-corrected chi connectivity index (χ4v) is 3.09. The first-order valence-corrected chi connectivity index (χ1v) is 7.49. The number of halogens is 3. The molecule has 3 nitrogen and oxygen atoms in total. The third-order valence-corrected chi connectivity index (χ3v) is 4.22. The fourth-order valence-electron chi connectivity index (χ4n) is 2.04.